The first kappa shape index (κ1) is 8.14. The summed E-state index contributed by atoms with van der Waals surface area (Å²) in [5.41, 5.74) is 1.45. The lowest BCUT2D eigenvalue weighted by atomic mass is 10.1. The molecule has 0 heterocycles. The van der Waals surface area contributed by atoms with E-state index in [2.05, 4.69) is 17.1 Å². The first-order valence-electron chi connectivity index (χ1n) is 3.17. The number of hydrogen-bond donors (Lipinski definition) is 1. The quantitative estimate of drug-likeness (QED) is 0.512. The molecule has 0 saturated heterocycles. The van der Waals surface area contributed by atoms with E-state index in [9.17, 15) is 4.79 Å². The van der Waals surface area contributed by atoms with Gasteiger partial charge in [-0.3, -0.25) is 0 Å². The average molecular weight is 168 g/mol. The van der Waals surface area contributed by atoms with E-state index in [1.54, 1.807) is 12.1 Å². The van der Waals surface area contributed by atoms with Gasteiger partial charge in [0.1, 0.15) is 0 Å². The SMILES string of the molecule is Cc1ccccc1C(=O)OS. The van der Waals surface area contributed by atoms with Crippen molar-refractivity contribution in [2.75, 3.05) is 0 Å². The molecule has 0 bridgehead atoms. The molecule has 0 fully saturated rings. The van der Waals surface area contributed by atoms with Crippen LogP contribution in [0.5, 0.6) is 0 Å². The Labute approximate surface area is 70.8 Å². The maximum absolute atomic E-state index is 10.9. The van der Waals surface area contributed by atoms with Gasteiger partial charge < -0.3 is 4.18 Å². The molecule has 1 aromatic carbocycles. The number of benzene rings is 1. The molecule has 0 aliphatic rings. The standard InChI is InChI=1S/C8H8O2S/c1-6-4-2-3-5-7(6)8(9)10-11/h2-5,11H,1H3. The van der Waals surface area contributed by atoms with Crippen molar-refractivity contribution in [2.45, 2.75) is 6.92 Å². The number of thiol groups is 1. The fraction of sp³-hybridized carbons (Fsp3) is 0.125. The molecule has 11 heavy (non-hydrogen) atoms. The van der Waals surface area contributed by atoms with Crippen LogP contribution in [0.15, 0.2) is 24.3 Å². The lowest BCUT2D eigenvalue weighted by molar-refractivity contribution is 0.0771. The third-order valence-electron chi connectivity index (χ3n) is 1.45. The minimum absolute atomic E-state index is 0.411. The first-order valence-corrected chi connectivity index (χ1v) is 3.53. The van der Waals surface area contributed by atoms with Gasteiger partial charge in [-0.15, -0.1) is 0 Å². The summed E-state index contributed by atoms with van der Waals surface area (Å²) in [6, 6.07) is 7.20. The Kier molecular flexibility index (Phi) is 2.54. The molecule has 0 radical (unpaired) electrons. The highest BCUT2D eigenvalue weighted by Gasteiger charge is 2.06. The van der Waals surface area contributed by atoms with Crippen LogP contribution in [-0.2, 0) is 4.18 Å². The third-order valence-corrected chi connectivity index (χ3v) is 1.61. The molecule has 0 N–H and O–H groups in total. The lowest BCUT2D eigenvalue weighted by Crippen LogP contribution is -1.99. The molecule has 0 atom stereocenters. The zero-order valence-corrected chi connectivity index (χ0v) is 6.97. The molecule has 58 valence electrons. The molecule has 1 rings (SSSR count). The van der Waals surface area contributed by atoms with Crippen molar-refractivity contribution < 1.29 is 8.98 Å². The fourth-order valence-electron chi connectivity index (χ4n) is 0.851. The molecule has 3 heteroatoms. The smallest absolute Gasteiger partial charge is 0.350 e. The van der Waals surface area contributed by atoms with Crippen molar-refractivity contribution >= 4 is 18.9 Å². The zero-order chi connectivity index (χ0) is 8.27. The molecule has 0 aromatic heterocycles. The molecular weight excluding hydrogens is 160 g/mol. The number of hydrogen-bond acceptors (Lipinski definition) is 3. The predicted octanol–water partition coefficient (Wildman–Crippen LogP) is 2.00. The van der Waals surface area contributed by atoms with Crippen molar-refractivity contribution in [2.24, 2.45) is 0 Å². The van der Waals surface area contributed by atoms with E-state index in [4.69, 9.17) is 0 Å². The van der Waals surface area contributed by atoms with Crippen LogP contribution < -0.4 is 0 Å². The average Bonchev–Trinajstić information content (AvgIpc) is 2.04. The van der Waals surface area contributed by atoms with E-state index in [-0.39, 0.29) is 0 Å². The largest absolute Gasteiger partial charge is 0.391 e. The van der Waals surface area contributed by atoms with Crippen LogP contribution in [0.1, 0.15) is 15.9 Å². The summed E-state index contributed by atoms with van der Waals surface area (Å²) in [4.78, 5) is 10.9. The van der Waals surface area contributed by atoms with Gasteiger partial charge in [0.05, 0.1) is 5.56 Å². The highest BCUT2D eigenvalue weighted by Crippen LogP contribution is 2.08. The summed E-state index contributed by atoms with van der Waals surface area (Å²) >= 11 is 3.42. The second kappa shape index (κ2) is 3.44. The predicted molar refractivity (Wildman–Crippen MR) is 45.6 cm³/mol. The molecule has 0 saturated carbocycles. The van der Waals surface area contributed by atoms with Gasteiger partial charge in [-0.05, 0) is 18.6 Å². The van der Waals surface area contributed by atoms with Crippen LogP contribution >= 0.6 is 12.9 Å². The summed E-state index contributed by atoms with van der Waals surface area (Å²) in [6.45, 7) is 1.85. The summed E-state index contributed by atoms with van der Waals surface area (Å²) in [7, 11) is 0. The topological polar surface area (TPSA) is 26.3 Å². The normalized spacial score (nSPS) is 9.27. The van der Waals surface area contributed by atoms with Crippen LogP contribution in [0.3, 0.4) is 0 Å². The Bertz CT molecular complexity index is 271. The van der Waals surface area contributed by atoms with Crippen LogP contribution in [0.2, 0.25) is 0 Å². The maximum Gasteiger partial charge on any atom is 0.350 e. The van der Waals surface area contributed by atoms with Crippen molar-refractivity contribution in [3.8, 4) is 0 Å². The number of aryl methyl sites for hydroxylation is 1. The van der Waals surface area contributed by atoms with E-state index in [1.165, 1.54) is 0 Å². The lowest BCUT2D eigenvalue weighted by Gasteiger charge is -1.99. The Hall–Kier alpha value is -0.960. The first-order chi connectivity index (χ1) is 5.25. The van der Waals surface area contributed by atoms with Gasteiger partial charge in [0.15, 0.2) is 0 Å². The Morgan fingerprint density at radius 2 is 2.09 bits per heavy atom. The van der Waals surface area contributed by atoms with Gasteiger partial charge in [0.2, 0.25) is 0 Å². The number of carbonyl (C=O) groups excluding carboxylic acids is 1. The summed E-state index contributed by atoms with van der Waals surface area (Å²) in [5.74, 6) is -0.411. The van der Waals surface area contributed by atoms with E-state index < -0.39 is 5.97 Å². The Morgan fingerprint density at radius 3 is 2.64 bits per heavy atom. The number of rotatable bonds is 1. The van der Waals surface area contributed by atoms with Gasteiger partial charge in [0, 0.05) is 12.9 Å². The monoisotopic (exact) mass is 168 g/mol. The van der Waals surface area contributed by atoms with Crippen molar-refractivity contribution in [3.63, 3.8) is 0 Å². The number of carbonyl (C=O) groups is 1. The summed E-state index contributed by atoms with van der Waals surface area (Å²) in [6.07, 6.45) is 0. The molecule has 0 spiro atoms. The van der Waals surface area contributed by atoms with Gasteiger partial charge in [-0.2, -0.15) is 0 Å². The third kappa shape index (κ3) is 1.74. The zero-order valence-electron chi connectivity index (χ0n) is 6.07. The second-order valence-electron chi connectivity index (χ2n) is 2.19. The summed E-state index contributed by atoms with van der Waals surface area (Å²) in [5, 5.41) is 0. The molecule has 0 aliphatic heterocycles. The minimum atomic E-state index is -0.411. The second-order valence-corrected chi connectivity index (χ2v) is 2.38. The summed E-state index contributed by atoms with van der Waals surface area (Å²) < 4.78 is 4.27. The minimum Gasteiger partial charge on any atom is -0.391 e. The van der Waals surface area contributed by atoms with Crippen LogP contribution in [0.25, 0.3) is 0 Å². The molecule has 2 nitrogen and oxygen atoms in total. The molecule has 1 aromatic rings. The Morgan fingerprint density at radius 1 is 1.45 bits per heavy atom. The molecule has 0 unspecified atom stereocenters. The van der Waals surface area contributed by atoms with Crippen molar-refractivity contribution in [1.82, 2.24) is 0 Å². The van der Waals surface area contributed by atoms with Gasteiger partial charge in [0.25, 0.3) is 0 Å². The highest BCUT2D eigenvalue weighted by atomic mass is 32.1. The van der Waals surface area contributed by atoms with Gasteiger partial charge in [-0.1, -0.05) is 18.2 Å². The highest BCUT2D eigenvalue weighted by molar-refractivity contribution is 7.75. The van der Waals surface area contributed by atoms with E-state index in [0.717, 1.165) is 5.56 Å². The van der Waals surface area contributed by atoms with E-state index in [0.29, 0.717) is 5.56 Å². The van der Waals surface area contributed by atoms with Crippen LogP contribution in [-0.4, -0.2) is 5.97 Å². The van der Waals surface area contributed by atoms with E-state index in [1.807, 2.05) is 19.1 Å². The van der Waals surface area contributed by atoms with Crippen molar-refractivity contribution in [3.05, 3.63) is 35.4 Å². The van der Waals surface area contributed by atoms with Gasteiger partial charge >= 0.3 is 5.97 Å². The van der Waals surface area contributed by atoms with E-state index >= 15 is 0 Å². The van der Waals surface area contributed by atoms with Crippen LogP contribution in [0, 0.1) is 6.92 Å². The van der Waals surface area contributed by atoms with Crippen molar-refractivity contribution in [1.29, 1.82) is 0 Å². The van der Waals surface area contributed by atoms with Crippen LogP contribution in [0.4, 0.5) is 0 Å². The Balaban J connectivity index is 3.03. The maximum atomic E-state index is 10.9. The fourth-order valence-corrected chi connectivity index (χ4v) is 0.949. The molecular formula is C8H8O2S. The molecule has 0 amide bonds. The van der Waals surface area contributed by atoms with Gasteiger partial charge in [-0.25, -0.2) is 4.79 Å². The molecule has 0 aliphatic carbocycles.